The number of carbonyl (C=O) groups excluding carboxylic acids is 1. The summed E-state index contributed by atoms with van der Waals surface area (Å²) >= 11 is 12.7. The number of amides is 1. The lowest BCUT2D eigenvalue weighted by atomic mass is 10.1. The number of methoxy groups -OCH3 is 2. The van der Waals surface area contributed by atoms with Crippen LogP contribution in [0.1, 0.15) is 18.1 Å². The second kappa shape index (κ2) is 11.4. The Morgan fingerprint density at radius 1 is 1.03 bits per heavy atom. The van der Waals surface area contributed by atoms with Crippen molar-refractivity contribution in [3.8, 4) is 17.2 Å². The van der Waals surface area contributed by atoms with Gasteiger partial charge in [0.1, 0.15) is 19.0 Å². The summed E-state index contributed by atoms with van der Waals surface area (Å²) < 4.78 is 22.3. The minimum atomic E-state index is -0.536. The summed E-state index contributed by atoms with van der Waals surface area (Å²) in [6, 6.07) is 15.9. The summed E-state index contributed by atoms with van der Waals surface area (Å²) in [5.41, 5.74) is 2.74. The van der Waals surface area contributed by atoms with Crippen LogP contribution in [0.25, 0.3) is 0 Å². The smallest absolute Gasteiger partial charge is 0.414 e. The van der Waals surface area contributed by atoms with Gasteiger partial charge in [-0.05, 0) is 31.2 Å². The number of hydrogen-bond donors (Lipinski definition) is 1. The lowest BCUT2D eigenvalue weighted by molar-refractivity contribution is 0.147. The van der Waals surface area contributed by atoms with E-state index in [1.807, 2.05) is 25.1 Å². The standard InChI is InChI=1S/C26H25Cl2N3O5/c1-4-31(26(32)35-14-16-7-5-6-8-19(16)27)22-10-9-17(11-20(22)28)36-25-18-12-23(33-2)24(34-3)13-21(18)29-15-30-25/h5-13,29H,4,14-15H2,1-3H3. The Bertz CT molecular complexity index is 1300. The SMILES string of the molecule is CCN(C(=O)OCc1ccccc1Cl)c1ccc(OC2=NCNc3cc(OC)c(OC)cc32)cc1Cl. The van der Waals surface area contributed by atoms with Crippen LogP contribution in [0.15, 0.2) is 59.6 Å². The van der Waals surface area contributed by atoms with E-state index in [9.17, 15) is 4.79 Å². The predicted molar refractivity (Wildman–Crippen MR) is 141 cm³/mol. The van der Waals surface area contributed by atoms with Crippen LogP contribution in [-0.2, 0) is 11.3 Å². The van der Waals surface area contributed by atoms with Gasteiger partial charge in [0.2, 0.25) is 5.90 Å². The molecule has 8 nitrogen and oxygen atoms in total. The third-order valence-corrected chi connectivity index (χ3v) is 6.19. The van der Waals surface area contributed by atoms with Gasteiger partial charge < -0.3 is 24.3 Å². The van der Waals surface area contributed by atoms with Crippen LogP contribution >= 0.6 is 23.2 Å². The number of anilines is 2. The quantitative estimate of drug-likeness (QED) is 0.382. The second-order valence-electron chi connectivity index (χ2n) is 7.66. The highest BCUT2D eigenvalue weighted by Crippen LogP contribution is 2.36. The van der Waals surface area contributed by atoms with Crippen molar-refractivity contribution < 1.29 is 23.7 Å². The van der Waals surface area contributed by atoms with Crippen LogP contribution in [0, 0.1) is 0 Å². The minimum Gasteiger partial charge on any atom is -0.493 e. The van der Waals surface area contributed by atoms with Crippen molar-refractivity contribution in [3.05, 3.63) is 75.8 Å². The fourth-order valence-electron chi connectivity index (χ4n) is 3.68. The first-order valence-corrected chi connectivity index (χ1v) is 11.9. The first-order chi connectivity index (χ1) is 17.4. The van der Waals surface area contributed by atoms with E-state index < -0.39 is 6.09 Å². The Morgan fingerprint density at radius 2 is 1.78 bits per heavy atom. The summed E-state index contributed by atoms with van der Waals surface area (Å²) in [7, 11) is 3.14. The van der Waals surface area contributed by atoms with Crippen LogP contribution in [-0.4, -0.2) is 39.4 Å². The van der Waals surface area contributed by atoms with Crippen molar-refractivity contribution in [1.29, 1.82) is 0 Å². The number of benzene rings is 3. The van der Waals surface area contributed by atoms with E-state index in [4.69, 9.17) is 42.1 Å². The summed E-state index contributed by atoms with van der Waals surface area (Å²) in [4.78, 5) is 18.7. The third kappa shape index (κ3) is 5.45. The van der Waals surface area contributed by atoms with Gasteiger partial charge in [-0.15, -0.1) is 0 Å². The van der Waals surface area contributed by atoms with Crippen molar-refractivity contribution in [3.63, 3.8) is 0 Å². The molecule has 1 heterocycles. The number of rotatable bonds is 7. The average Bonchev–Trinajstić information content (AvgIpc) is 2.89. The molecule has 36 heavy (non-hydrogen) atoms. The molecule has 3 aromatic rings. The number of nitrogens with one attached hydrogen (secondary N) is 1. The normalized spacial score (nSPS) is 12.1. The van der Waals surface area contributed by atoms with Gasteiger partial charge in [-0.2, -0.15) is 0 Å². The fourth-order valence-corrected chi connectivity index (χ4v) is 4.15. The molecule has 0 aromatic heterocycles. The first-order valence-electron chi connectivity index (χ1n) is 11.1. The molecule has 1 aliphatic heterocycles. The van der Waals surface area contributed by atoms with Crippen LogP contribution < -0.4 is 24.4 Å². The van der Waals surface area contributed by atoms with Gasteiger partial charge in [0.25, 0.3) is 0 Å². The Labute approximate surface area is 219 Å². The van der Waals surface area contributed by atoms with E-state index in [2.05, 4.69) is 10.3 Å². The molecule has 0 unspecified atom stereocenters. The highest BCUT2D eigenvalue weighted by Gasteiger charge is 2.22. The number of hydrogen-bond acceptors (Lipinski definition) is 7. The maximum atomic E-state index is 12.8. The lowest BCUT2D eigenvalue weighted by Crippen LogP contribution is -2.31. The Morgan fingerprint density at radius 3 is 2.47 bits per heavy atom. The Hall–Kier alpha value is -3.62. The highest BCUT2D eigenvalue weighted by atomic mass is 35.5. The van der Waals surface area contributed by atoms with Crippen molar-refractivity contribution in [1.82, 2.24) is 0 Å². The van der Waals surface area contributed by atoms with Crippen LogP contribution in [0.4, 0.5) is 16.2 Å². The number of nitrogens with zero attached hydrogens (tertiary/aromatic N) is 2. The minimum absolute atomic E-state index is 0.0509. The predicted octanol–water partition coefficient (Wildman–Crippen LogP) is 6.38. The molecule has 188 valence electrons. The van der Waals surface area contributed by atoms with Crippen LogP contribution in [0.5, 0.6) is 17.2 Å². The molecule has 0 atom stereocenters. The van der Waals surface area contributed by atoms with E-state index in [0.29, 0.717) is 52.1 Å². The Kier molecular flexibility index (Phi) is 8.07. The molecular weight excluding hydrogens is 505 g/mol. The van der Waals surface area contributed by atoms with Gasteiger partial charge in [-0.25, -0.2) is 9.79 Å². The van der Waals surface area contributed by atoms with Crippen molar-refractivity contribution in [2.45, 2.75) is 13.5 Å². The van der Waals surface area contributed by atoms with E-state index in [1.54, 1.807) is 50.6 Å². The zero-order valence-corrected chi connectivity index (χ0v) is 21.5. The van der Waals surface area contributed by atoms with Gasteiger partial charge in [0.05, 0.1) is 36.2 Å². The monoisotopic (exact) mass is 529 g/mol. The summed E-state index contributed by atoms with van der Waals surface area (Å²) in [5.74, 6) is 2.02. The second-order valence-corrected chi connectivity index (χ2v) is 8.47. The van der Waals surface area contributed by atoms with Crippen molar-refractivity contribution >= 4 is 46.6 Å². The summed E-state index contributed by atoms with van der Waals surface area (Å²) in [6.07, 6.45) is -0.536. The van der Waals surface area contributed by atoms with Gasteiger partial charge in [0, 0.05) is 29.3 Å². The molecule has 0 radical (unpaired) electrons. The van der Waals surface area contributed by atoms with Gasteiger partial charge in [-0.3, -0.25) is 4.90 Å². The molecular formula is C26H25Cl2N3O5. The maximum absolute atomic E-state index is 12.8. The molecule has 0 saturated heterocycles. The molecule has 0 saturated carbocycles. The summed E-state index contributed by atoms with van der Waals surface area (Å²) in [6.45, 7) is 2.58. The van der Waals surface area contributed by atoms with Crippen LogP contribution in [0.3, 0.4) is 0 Å². The summed E-state index contributed by atoms with van der Waals surface area (Å²) in [5, 5.41) is 4.05. The molecule has 4 rings (SSSR count). The van der Waals surface area contributed by atoms with E-state index >= 15 is 0 Å². The van der Waals surface area contributed by atoms with Crippen LogP contribution in [0.2, 0.25) is 10.0 Å². The molecule has 1 N–H and O–H groups in total. The number of aliphatic imine (C=N–C) groups is 1. The number of halogens is 2. The number of ether oxygens (including phenoxy) is 4. The van der Waals surface area contributed by atoms with Crippen molar-refractivity contribution in [2.24, 2.45) is 4.99 Å². The number of fused-ring (bicyclic) bond motifs is 1. The lowest BCUT2D eigenvalue weighted by Gasteiger charge is -2.23. The highest BCUT2D eigenvalue weighted by molar-refractivity contribution is 6.34. The molecule has 0 aliphatic carbocycles. The van der Waals surface area contributed by atoms with E-state index in [0.717, 1.165) is 16.8 Å². The molecule has 1 aliphatic rings. The van der Waals surface area contributed by atoms with E-state index in [-0.39, 0.29) is 6.61 Å². The molecule has 0 spiro atoms. The maximum Gasteiger partial charge on any atom is 0.414 e. The molecule has 3 aromatic carbocycles. The topological polar surface area (TPSA) is 81.6 Å². The zero-order chi connectivity index (χ0) is 25.7. The van der Waals surface area contributed by atoms with Gasteiger partial charge >= 0.3 is 6.09 Å². The molecule has 10 heteroatoms. The third-order valence-electron chi connectivity index (χ3n) is 5.52. The largest absolute Gasteiger partial charge is 0.493 e. The Balaban J connectivity index is 1.50. The molecule has 0 bridgehead atoms. The van der Waals surface area contributed by atoms with Crippen molar-refractivity contribution in [2.75, 3.05) is 37.6 Å². The molecule has 1 amide bonds. The fraction of sp³-hybridized carbons (Fsp3) is 0.231. The zero-order valence-electron chi connectivity index (χ0n) is 20.0. The first kappa shape index (κ1) is 25.5. The number of carbonyl (C=O) groups is 1. The molecule has 0 fully saturated rings. The van der Waals surface area contributed by atoms with Gasteiger partial charge in [-0.1, -0.05) is 41.4 Å². The van der Waals surface area contributed by atoms with E-state index in [1.165, 1.54) is 4.90 Å². The average molecular weight is 530 g/mol. The van der Waals surface area contributed by atoms with Gasteiger partial charge in [0.15, 0.2) is 11.5 Å².